The molecule has 31 heavy (non-hydrogen) atoms. The zero-order chi connectivity index (χ0) is 21.4. The van der Waals surface area contributed by atoms with E-state index in [0.717, 1.165) is 62.8 Å². The van der Waals surface area contributed by atoms with E-state index >= 15 is 0 Å². The molecule has 2 aromatic rings. The molecule has 3 aliphatic rings. The molecular weight excluding hydrogens is 390 g/mol. The molecule has 2 aliphatic carbocycles. The van der Waals surface area contributed by atoms with Crippen LogP contribution in [0.25, 0.3) is 11.5 Å². The molecule has 2 fully saturated rings. The number of hydrogen-bond donors (Lipinski definition) is 1. The van der Waals surface area contributed by atoms with Crippen LogP contribution >= 0.6 is 0 Å². The summed E-state index contributed by atoms with van der Waals surface area (Å²) >= 11 is 0. The van der Waals surface area contributed by atoms with Crippen molar-refractivity contribution in [1.29, 1.82) is 0 Å². The highest BCUT2D eigenvalue weighted by Gasteiger charge is 2.51. The monoisotopic (exact) mass is 423 g/mol. The lowest BCUT2D eigenvalue weighted by Gasteiger charge is -2.49. The van der Waals surface area contributed by atoms with Crippen LogP contribution in [-0.2, 0) is 11.3 Å². The van der Waals surface area contributed by atoms with Crippen LogP contribution in [0, 0.1) is 0 Å². The minimum absolute atomic E-state index is 0.0110. The largest absolute Gasteiger partial charge is 0.463 e. The van der Waals surface area contributed by atoms with Gasteiger partial charge in [0.25, 0.3) is 5.91 Å². The molecule has 0 radical (unpaired) electrons. The van der Waals surface area contributed by atoms with E-state index < -0.39 is 5.54 Å². The number of nitrogens with zero attached hydrogens (tertiary/aromatic N) is 2. The SMILES string of the molecule is CC1(C(=O)NC2CCCCC2)Cn2c(ccc2-c2ccco2)C(=O)N1C1CCCCC1. The Morgan fingerprint density at radius 1 is 1.00 bits per heavy atom. The third-order valence-electron chi connectivity index (χ3n) is 7.56. The van der Waals surface area contributed by atoms with Gasteiger partial charge in [0.1, 0.15) is 17.0 Å². The molecule has 1 N–H and O–H groups in total. The fourth-order valence-electron chi connectivity index (χ4n) is 5.87. The van der Waals surface area contributed by atoms with E-state index in [0.29, 0.717) is 12.2 Å². The molecule has 1 unspecified atom stereocenters. The normalized spacial score (nSPS) is 25.5. The number of rotatable bonds is 4. The Bertz CT molecular complexity index is 935. The molecule has 5 rings (SSSR count). The van der Waals surface area contributed by atoms with E-state index in [-0.39, 0.29) is 23.9 Å². The second-order valence-electron chi connectivity index (χ2n) is 9.72. The molecule has 0 saturated heterocycles. The molecule has 1 atom stereocenters. The van der Waals surface area contributed by atoms with Crippen LogP contribution in [0.2, 0.25) is 0 Å². The van der Waals surface area contributed by atoms with Gasteiger partial charge in [0.05, 0.1) is 18.5 Å². The maximum Gasteiger partial charge on any atom is 0.271 e. The third kappa shape index (κ3) is 3.60. The van der Waals surface area contributed by atoms with E-state index in [4.69, 9.17) is 4.42 Å². The van der Waals surface area contributed by atoms with E-state index in [1.165, 1.54) is 12.8 Å². The summed E-state index contributed by atoms with van der Waals surface area (Å²) in [6.45, 7) is 2.42. The summed E-state index contributed by atoms with van der Waals surface area (Å²) < 4.78 is 7.61. The van der Waals surface area contributed by atoms with Gasteiger partial charge in [0, 0.05) is 12.1 Å². The topological polar surface area (TPSA) is 67.5 Å². The first kappa shape index (κ1) is 20.4. The van der Waals surface area contributed by atoms with Gasteiger partial charge in [0.2, 0.25) is 5.91 Å². The summed E-state index contributed by atoms with van der Waals surface area (Å²) in [7, 11) is 0. The highest BCUT2D eigenvalue weighted by atomic mass is 16.3. The van der Waals surface area contributed by atoms with Crippen molar-refractivity contribution in [2.75, 3.05) is 0 Å². The molecule has 3 heterocycles. The average Bonchev–Trinajstić information content (AvgIpc) is 3.45. The quantitative estimate of drug-likeness (QED) is 0.772. The van der Waals surface area contributed by atoms with E-state index in [2.05, 4.69) is 5.32 Å². The predicted molar refractivity (Wildman–Crippen MR) is 119 cm³/mol. The van der Waals surface area contributed by atoms with Crippen molar-refractivity contribution in [1.82, 2.24) is 14.8 Å². The molecule has 2 amide bonds. The molecule has 6 heteroatoms. The second-order valence-corrected chi connectivity index (χ2v) is 9.72. The van der Waals surface area contributed by atoms with E-state index in [9.17, 15) is 9.59 Å². The molecule has 6 nitrogen and oxygen atoms in total. The van der Waals surface area contributed by atoms with Gasteiger partial charge in [-0.15, -0.1) is 0 Å². The molecular formula is C25H33N3O3. The Kier molecular flexibility index (Phi) is 5.40. The first-order chi connectivity index (χ1) is 15.1. The van der Waals surface area contributed by atoms with Gasteiger partial charge < -0.3 is 19.2 Å². The summed E-state index contributed by atoms with van der Waals surface area (Å²) in [5.41, 5.74) is 0.595. The Morgan fingerprint density at radius 2 is 1.68 bits per heavy atom. The fraction of sp³-hybridized carbons (Fsp3) is 0.600. The number of furan rings is 1. The molecule has 2 saturated carbocycles. The molecule has 0 aromatic carbocycles. The summed E-state index contributed by atoms with van der Waals surface area (Å²) in [6, 6.07) is 7.92. The lowest BCUT2D eigenvalue weighted by Crippen LogP contribution is -2.67. The summed E-state index contributed by atoms with van der Waals surface area (Å²) in [5.74, 6) is 0.681. The van der Waals surface area contributed by atoms with Crippen LogP contribution < -0.4 is 5.32 Å². The Labute approximate surface area is 184 Å². The number of amides is 2. The summed E-state index contributed by atoms with van der Waals surface area (Å²) in [6.07, 6.45) is 12.7. The number of aromatic nitrogens is 1. The highest BCUT2D eigenvalue weighted by molar-refractivity contribution is 6.00. The number of carbonyl (C=O) groups is 2. The van der Waals surface area contributed by atoms with Crippen molar-refractivity contribution in [2.45, 2.75) is 95.3 Å². The average molecular weight is 424 g/mol. The smallest absolute Gasteiger partial charge is 0.271 e. The molecule has 1 aliphatic heterocycles. The van der Waals surface area contributed by atoms with Crippen LogP contribution in [0.5, 0.6) is 0 Å². The van der Waals surface area contributed by atoms with Crippen LogP contribution in [0.3, 0.4) is 0 Å². The Hall–Kier alpha value is -2.50. The number of fused-ring (bicyclic) bond motifs is 1. The van der Waals surface area contributed by atoms with E-state index in [1.54, 1.807) is 6.26 Å². The first-order valence-electron chi connectivity index (χ1n) is 12.0. The van der Waals surface area contributed by atoms with Crippen LogP contribution in [-0.4, -0.2) is 38.9 Å². The van der Waals surface area contributed by atoms with Gasteiger partial charge in [0.15, 0.2) is 0 Å². The second kappa shape index (κ2) is 8.21. The van der Waals surface area contributed by atoms with Crippen molar-refractivity contribution in [2.24, 2.45) is 0 Å². The van der Waals surface area contributed by atoms with Crippen LogP contribution in [0.1, 0.15) is 81.6 Å². The third-order valence-corrected chi connectivity index (χ3v) is 7.56. The van der Waals surface area contributed by atoms with Gasteiger partial charge in [-0.25, -0.2) is 0 Å². The summed E-state index contributed by atoms with van der Waals surface area (Å²) in [4.78, 5) is 29.5. The van der Waals surface area contributed by atoms with Gasteiger partial charge in [-0.1, -0.05) is 38.5 Å². The van der Waals surface area contributed by atoms with Gasteiger partial charge >= 0.3 is 0 Å². The molecule has 0 bridgehead atoms. The number of carbonyl (C=O) groups excluding carboxylic acids is 2. The number of nitrogens with one attached hydrogen (secondary N) is 1. The van der Waals surface area contributed by atoms with Crippen molar-refractivity contribution < 1.29 is 14.0 Å². The van der Waals surface area contributed by atoms with Crippen molar-refractivity contribution in [3.63, 3.8) is 0 Å². The molecule has 2 aromatic heterocycles. The highest BCUT2D eigenvalue weighted by Crippen LogP contribution is 2.38. The maximum atomic E-state index is 13.8. The first-order valence-corrected chi connectivity index (χ1v) is 12.0. The Morgan fingerprint density at radius 3 is 2.35 bits per heavy atom. The lowest BCUT2D eigenvalue weighted by molar-refractivity contribution is -0.135. The summed E-state index contributed by atoms with van der Waals surface area (Å²) in [5, 5.41) is 3.33. The molecule has 0 spiro atoms. The number of hydrogen-bond acceptors (Lipinski definition) is 3. The zero-order valence-electron chi connectivity index (χ0n) is 18.4. The van der Waals surface area contributed by atoms with Crippen molar-refractivity contribution in [3.05, 3.63) is 36.2 Å². The molecule has 166 valence electrons. The lowest BCUT2D eigenvalue weighted by atomic mass is 9.86. The van der Waals surface area contributed by atoms with Crippen molar-refractivity contribution in [3.8, 4) is 11.5 Å². The van der Waals surface area contributed by atoms with Gasteiger partial charge in [-0.3, -0.25) is 9.59 Å². The van der Waals surface area contributed by atoms with Crippen LogP contribution in [0.4, 0.5) is 0 Å². The predicted octanol–water partition coefficient (Wildman–Crippen LogP) is 4.74. The zero-order valence-corrected chi connectivity index (χ0v) is 18.4. The van der Waals surface area contributed by atoms with E-state index in [1.807, 2.05) is 40.7 Å². The Balaban J connectivity index is 1.52. The minimum atomic E-state index is -0.913. The van der Waals surface area contributed by atoms with Gasteiger partial charge in [-0.05, 0) is 56.9 Å². The standard InChI is InChI=1S/C25H33N3O3/c1-25(24(30)26-18-9-4-2-5-10-18)17-27-20(22-13-8-16-31-22)14-15-21(27)23(29)28(25)19-11-6-3-7-12-19/h8,13-16,18-19H,2-7,9-12,17H2,1H3,(H,26,30). The fourth-order valence-corrected chi connectivity index (χ4v) is 5.87. The maximum absolute atomic E-state index is 13.8. The van der Waals surface area contributed by atoms with Crippen LogP contribution in [0.15, 0.2) is 34.9 Å². The van der Waals surface area contributed by atoms with Crippen molar-refractivity contribution >= 4 is 11.8 Å². The minimum Gasteiger partial charge on any atom is -0.463 e. The van der Waals surface area contributed by atoms with Gasteiger partial charge in [-0.2, -0.15) is 0 Å².